The monoisotopic (exact) mass is 230 g/mol. The molecule has 0 saturated carbocycles. The third-order valence-corrected chi connectivity index (χ3v) is 3.24. The van der Waals surface area contributed by atoms with Gasteiger partial charge in [0.2, 0.25) is 0 Å². The molecule has 1 aliphatic heterocycles. The van der Waals surface area contributed by atoms with Gasteiger partial charge in [-0.05, 0) is 25.0 Å². The van der Waals surface area contributed by atoms with E-state index < -0.39 is 0 Å². The first-order valence-electron chi connectivity index (χ1n) is 5.69. The van der Waals surface area contributed by atoms with E-state index in [4.69, 9.17) is 4.74 Å². The maximum atomic E-state index is 11.9. The van der Waals surface area contributed by atoms with Crippen LogP contribution in [0.4, 0.5) is 0 Å². The minimum Gasteiger partial charge on any atom is -0.495 e. The number of rotatable bonds is 1. The number of nitrogens with one attached hydrogen (secondary N) is 2. The molecule has 17 heavy (non-hydrogen) atoms. The fourth-order valence-corrected chi connectivity index (χ4v) is 2.48. The number of carbonyl (C=O) groups is 1. The molecule has 2 aromatic rings. The summed E-state index contributed by atoms with van der Waals surface area (Å²) in [5.41, 5.74) is 2.67. The van der Waals surface area contributed by atoms with E-state index in [0.29, 0.717) is 5.69 Å². The van der Waals surface area contributed by atoms with Gasteiger partial charge in [-0.15, -0.1) is 0 Å². The topological polar surface area (TPSA) is 54.1 Å². The van der Waals surface area contributed by atoms with Gasteiger partial charge in [0.15, 0.2) is 0 Å². The Labute approximate surface area is 99.0 Å². The predicted octanol–water partition coefficient (Wildman–Crippen LogP) is 1.85. The van der Waals surface area contributed by atoms with Gasteiger partial charge in [0.05, 0.1) is 12.6 Å². The average molecular weight is 230 g/mol. The smallest absolute Gasteiger partial charge is 0.268 e. The second-order valence-corrected chi connectivity index (χ2v) is 4.44. The number of aromatic nitrogens is 1. The van der Waals surface area contributed by atoms with Crippen LogP contribution in [-0.4, -0.2) is 24.0 Å². The third kappa shape index (κ3) is 1.40. The van der Waals surface area contributed by atoms with E-state index in [1.165, 1.54) is 0 Å². The number of carbonyl (C=O) groups excluding carboxylic acids is 1. The Kier molecular flexibility index (Phi) is 2.11. The molecule has 3 rings (SSSR count). The van der Waals surface area contributed by atoms with Gasteiger partial charge in [0.1, 0.15) is 11.4 Å². The van der Waals surface area contributed by atoms with Crippen molar-refractivity contribution in [3.8, 4) is 5.75 Å². The van der Waals surface area contributed by atoms with Crippen molar-refractivity contribution in [3.05, 3.63) is 29.5 Å². The molecule has 1 unspecified atom stereocenters. The summed E-state index contributed by atoms with van der Waals surface area (Å²) in [6.07, 6.45) is 0.855. The summed E-state index contributed by atoms with van der Waals surface area (Å²) in [7, 11) is 1.64. The summed E-state index contributed by atoms with van der Waals surface area (Å²) in [5, 5.41) is 4.01. The van der Waals surface area contributed by atoms with Crippen molar-refractivity contribution < 1.29 is 9.53 Å². The molecule has 1 aromatic carbocycles. The van der Waals surface area contributed by atoms with Crippen molar-refractivity contribution in [2.24, 2.45) is 0 Å². The summed E-state index contributed by atoms with van der Waals surface area (Å²) < 4.78 is 5.30. The Bertz CT molecular complexity index is 601. The van der Waals surface area contributed by atoms with Crippen LogP contribution >= 0.6 is 0 Å². The maximum absolute atomic E-state index is 11.9. The second kappa shape index (κ2) is 3.52. The van der Waals surface area contributed by atoms with E-state index in [2.05, 4.69) is 10.3 Å². The van der Waals surface area contributed by atoms with Crippen molar-refractivity contribution in [3.63, 3.8) is 0 Å². The molecule has 0 saturated heterocycles. The molecule has 1 aromatic heterocycles. The number of fused-ring (bicyclic) bond motifs is 3. The molecule has 2 heterocycles. The van der Waals surface area contributed by atoms with Crippen LogP contribution in [-0.2, 0) is 6.42 Å². The van der Waals surface area contributed by atoms with Gasteiger partial charge in [-0.2, -0.15) is 0 Å². The Morgan fingerprint density at radius 3 is 3.00 bits per heavy atom. The molecular formula is C13H14N2O2. The van der Waals surface area contributed by atoms with E-state index in [1.807, 2.05) is 25.1 Å². The van der Waals surface area contributed by atoms with Crippen molar-refractivity contribution in [2.45, 2.75) is 19.4 Å². The highest BCUT2D eigenvalue weighted by atomic mass is 16.5. The van der Waals surface area contributed by atoms with Crippen molar-refractivity contribution >= 4 is 16.8 Å². The van der Waals surface area contributed by atoms with E-state index in [0.717, 1.165) is 28.6 Å². The van der Waals surface area contributed by atoms with Crippen LogP contribution in [0.3, 0.4) is 0 Å². The fourth-order valence-electron chi connectivity index (χ4n) is 2.48. The van der Waals surface area contributed by atoms with Crippen LogP contribution in [0.2, 0.25) is 0 Å². The van der Waals surface area contributed by atoms with Gasteiger partial charge in [0, 0.05) is 11.4 Å². The van der Waals surface area contributed by atoms with Crippen LogP contribution in [0, 0.1) is 0 Å². The SMILES string of the molecule is COc1cccc2c3c([nH]c12)C(=O)NC(C)C3. The number of aromatic amines is 1. The largest absolute Gasteiger partial charge is 0.495 e. The molecule has 0 fully saturated rings. The molecular weight excluding hydrogens is 216 g/mol. The van der Waals surface area contributed by atoms with Gasteiger partial charge < -0.3 is 15.0 Å². The molecule has 1 amide bonds. The van der Waals surface area contributed by atoms with Crippen LogP contribution in [0.15, 0.2) is 18.2 Å². The summed E-state index contributed by atoms with van der Waals surface area (Å²) in [4.78, 5) is 15.1. The molecule has 2 N–H and O–H groups in total. The minimum atomic E-state index is -0.0306. The molecule has 0 aliphatic carbocycles. The molecule has 1 aliphatic rings. The van der Waals surface area contributed by atoms with Gasteiger partial charge in [-0.3, -0.25) is 4.79 Å². The molecule has 0 radical (unpaired) electrons. The van der Waals surface area contributed by atoms with Crippen molar-refractivity contribution in [1.82, 2.24) is 10.3 Å². The van der Waals surface area contributed by atoms with E-state index >= 15 is 0 Å². The summed E-state index contributed by atoms with van der Waals surface area (Å²) in [6, 6.07) is 6.05. The predicted molar refractivity (Wildman–Crippen MR) is 65.5 cm³/mol. The summed E-state index contributed by atoms with van der Waals surface area (Å²) in [6.45, 7) is 2.01. The fraction of sp³-hybridized carbons (Fsp3) is 0.308. The highest BCUT2D eigenvalue weighted by Crippen LogP contribution is 2.31. The first-order chi connectivity index (χ1) is 8.20. The Hall–Kier alpha value is -1.97. The van der Waals surface area contributed by atoms with Gasteiger partial charge in [-0.25, -0.2) is 0 Å². The number of para-hydroxylation sites is 1. The summed E-state index contributed by atoms with van der Waals surface area (Å²) >= 11 is 0. The lowest BCUT2D eigenvalue weighted by molar-refractivity contribution is 0.0925. The first kappa shape index (κ1) is 10.2. The maximum Gasteiger partial charge on any atom is 0.268 e. The number of benzene rings is 1. The van der Waals surface area contributed by atoms with Crippen LogP contribution in [0.1, 0.15) is 23.0 Å². The quantitative estimate of drug-likeness (QED) is 0.785. The Balaban J connectivity index is 2.31. The zero-order valence-electron chi connectivity index (χ0n) is 9.83. The number of methoxy groups -OCH3 is 1. The van der Waals surface area contributed by atoms with Crippen LogP contribution < -0.4 is 10.1 Å². The second-order valence-electron chi connectivity index (χ2n) is 4.44. The highest BCUT2D eigenvalue weighted by Gasteiger charge is 2.26. The van der Waals surface area contributed by atoms with E-state index in [1.54, 1.807) is 7.11 Å². The first-order valence-corrected chi connectivity index (χ1v) is 5.69. The van der Waals surface area contributed by atoms with Crippen molar-refractivity contribution in [1.29, 1.82) is 0 Å². The third-order valence-electron chi connectivity index (χ3n) is 3.24. The Morgan fingerprint density at radius 2 is 2.24 bits per heavy atom. The van der Waals surface area contributed by atoms with Gasteiger partial charge in [0.25, 0.3) is 5.91 Å². The lowest BCUT2D eigenvalue weighted by Gasteiger charge is -2.19. The average Bonchev–Trinajstić information content (AvgIpc) is 2.68. The molecule has 4 nitrogen and oxygen atoms in total. The standard InChI is InChI=1S/C13H14N2O2/c1-7-6-9-8-4-3-5-10(17-2)11(8)15-12(9)13(16)14-7/h3-5,7,15H,6H2,1-2H3,(H,14,16). The highest BCUT2D eigenvalue weighted by molar-refractivity contribution is 6.03. The van der Waals surface area contributed by atoms with Crippen molar-refractivity contribution in [2.75, 3.05) is 7.11 Å². The van der Waals surface area contributed by atoms with Crippen LogP contribution in [0.25, 0.3) is 10.9 Å². The number of hydrogen-bond donors (Lipinski definition) is 2. The lowest BCUT2D eigenvalue weighted by atomic mass is 9.99. The van der Waals surface area contributed by atoms with E-state index in [9.17, 15) is 4.79 Å². The van der Waals surface area contributed by atoms with Gasteiger partial charge >= 0.3 is 0 Å². The number of H-pyrrole nitrogens is 1. The summed E-state index contributed by atoms with van der Waals surface area (Å²) in [5.74, 6) is 0.745. The normalized spacial score (nSPS) is 18.9. The molecule has 0 bridgehead atoms. The zero-order chi connectivity index (χ0) is 12.0. The molecule has 4 heteroatoms. The Morgan fingerprint density at radius 1 is 1.41 bits per heavy atom. The van der Waals surface area contributed by atoms with E-state index in [-0.39, 0.29) is 11.9 Å². The number of ether oxygens (including phenoxy) is 1. The molecule has 0 spiro atoms. The number of hydrogen-bond acceptors (Lipinski definition) is 2. The molecule has 88 valence electrons. The molecule has 1 atom stereocenters. The lowest BCUT2D eigenvalue weighted by Crippen LogP contribution is -2.39. The van der Waals surface area contributed by atoms with Gasteiger partial charge in [-0.1, -0.05) is 12.1 Å². The zero-order valence-corrected chi connectivity index (χ0v) is 9.83. The minimum absolute atomic E-state index is 0.0306. The number of amides is 1. The van der Waals surface area contributed by atoms with Crippen LogP contribution in [0.5, 0.6) is 5.75 Å².